The summed E-state index contributed by atoms with van der Waals surface area (Å²) in [6, 6.07) is 0. The maximum absolute atomic E-state index is 11.2. The number of nitrogens with zero attached hydrogens (tertiary/aromatic N) is 1. The van der Waals surface area contributed by atoms with E-state index in [1.165, 1.54) is 0 Å². The molecule has 1 heterocycles. The number of nitrogens with two attached hydrogens (primary N) is 2. The zero-order chi connectivity index (χ0) is 9.84. The van der Waals surface area contributed by atoms with Crippen LogP contribution < -0.4 is 11.5 Å². The smallest absolute Gasteiger partial charge is 0.223 e. The summed E-state index contributed by atoms with van der Waals surface area (Å²) in [6.45, 7) is 1.31. The van der Waals surface area contributed by atoms with Crippen LogP contribution in [0.3, 0.4) is 0 Å². The highest BCUT2D eigenvalue weighted by atomic mass is 16.2. The Morgan fingerprint density at radius 3 is 2.69 bits per heavy atom. The van der Waals surface area contributed by atoms with Gasteiger partial charge in [0, 0.05) is 26.1 Å². The van der Waals surface area contributed by atoms with Crippen molar-refractivity contribution in [1.82, 2.24) is 4.90 Å². The van der Waals surface area contributed by atoms with Gasteiger partial charge in [-0.3, -0.25) is 9.59 Å². The van der Waals surface area contributed by atoms with Gasteiger partial charge < -0.3 is 16.4 Å². The van der Waals surface area contributed by atoms with Gasteiger partial charge in [0.1, 0.15) is 0 Å². The van der Waals surface area contributed by atoms with E-state index in [-0.39, 0.29) is 12.5 Å². The van der Waals surface area contributed by atoms with E-state index in [1.807, 2.05) is 0 Å². The summed E-state index contributed by atoms with van der Waals surface area (Å²) in [4.78, 5) is 23.7. The number of likely N-dealkylation sites (tertiary alicyclic amines) is 1. The molecule has 0 spiro atoms. The normalized spacial score (nSPS) is 19.2. The van der Waals surface area contributed by atoms with Crippen LogP contribution in [0.5, 0.6) is 0 Å². The largest absolute Gasteiger partial charge is 0.369 e. The minimum absolute atomic E-state index is 0.0969. The van der Waals surface area contributed by atoms with Gasteiger partial charge in [0.05, 0.1) is 5.92 Å². The molecule has 0 aromatic rings. The molecule has 4 N–H and O–H groups in total. The van der Waals surface area contributed by atoms with Gasteiger partial charge in [-0.15, -0.1) is 0 Å². The summed E-state index contributed by atoms with van der Waals surface area (Å²) in [5.41, 5.74) is 10.5. The van der Waals surface area contributed by atoms with Gasteiger partial charge in [-0.25, -0.2) is 0 Å². The molecule has 1 aliphatic heterocycles. The van der Waals surface area contributed by atoms with Crippen LogP contribution in [-0.2, 0) is 9.59 Å². The number of rotatable bonds is 4. The molecule has 1 rings (SSSR count). The predicted molar refractivity (Wildman–Crippen MR) is 47.6 cm³/mol. The molecule has 5 heteroatoms. The van der Waals surface area contributed by atoms with Crippen molar-refractivity contribution in [2.24, 2.45) is 17.4 Å². The van der Waals surface area contributed by atoms with Gasteiger partial charge in [-0.05, 0) is 6.42 Å². The lowest BCUT2D eigenvalue weighted by molar-refractivity contribution is -0.129. The van der Waals surface area contributed by atoms with Crippen LogP contribution in [0.25, 0.3) is 0 Å². The monoisotopic (exact) mass is 185 g/mol. The lowest BCUT2D eigenvalue weighted by atomic mass is 10.1. The molecule has 0 aromatic heterocycles. The first-order valence-electron chi connectivity index (χ1n) is 4.42. The lowest BCUT2D eigenvalue weighted by Gasteiger charge is -2.19. The average Bonchev–Trinajstić information content (AvgIpc) is 2.46. The number of amides is 2. The SMILES string of the molecule is NCC(CN1CCCC1=O)C(N)=O. The van der Waals surface area contributed by atoms with Gasteiger partial charge in [-0.1, -0.05) is 0 Å². The number of primary amides is 1. The highest BCUT2D eigenvalue weighted by molar-refractivity contribution is 5.80. The minimum Gasteiger partial charge on any atom is -0.369 e. The molecule has 13 heavy (non-hydrogen) atoms. The van der Waals surface area contributed by atoms with E-state index < -0.39 is 11.8 Å². The molecule has 1 fully saturated rings. The molecule has 0 bridgehead atoms. The Kier molecular flexibility index (Phi) is 3.25. The van der Waals surface area contributed by atoms with E-state index in [0.717, 1.165) is 13.0 Å². The van der Waals surface area contributed by atoms with Crippen LogP contribution in [0.4, 0.5) is 0 Å². The second-order valence-corrected chi connectivity index (χ2v) is 3.28. The first-order valence-corrected chi connectivity index (χ1v) is 4.42. The third-order valence-electron chi connectivity index (χ3n) is 2.30. The summed E-state index contributed by atoms with van der Waals surface area (Å²) in [5, 5.41) is 0. The van der Waals surface area contributed by atoms with E-state index in [1.54, 1.807) is 4.90 Å². The predicted octanol–water partition coefficient (Wildman–Crippen LogP) is -1.33. The van der Waals surface area contributed by atoms with Crippen molar-refractivity contribution >= 4 is 11.8 Å². The molecule has 0 radical (unpaired) electrons. The Morgan fingerprint density at radius 2 is 2.31 bits per heavy atom. The van der Waals surface area contributed by atoms with Crippen LogP contribution in [0, 0.1) is 5.92 Å². The summed E-state index contributed by atoms with van der Waals surface area (Å²) in [5.74, 6) is -0.732. The number of hydrogen-bond donors (Lipinski definition) is 2. The van der Waals surface area contributed by atoms with Gasteiger partial charge in [0.2, 0.25) is 11.8 Å². The van der Waals surface area contributed by atoms with E-state index in [0.29, 0.717) is 13.0 Å². The summed E-state index contributed by atoms with van der Waals surface area (Å²) < 4.78 is 0. The zero-order valence-electron chi connectivity index (χ0n) is 7.53. The fourth-order valence-corrected chi connectivity index (χ4v) is 1.44. The Balaban J connectivity index is 2.45. The Hall–Kier alpha value is -1.10. The van der Waals surface area contributed by atoms with Crippen molar-refractivity contribution in [3.05, 3.63) is 0 Å². The quantitative estimate of drug-likeness (QED) is 0.568. The lowest BCUT2D eigenvalue weighted by Crippen LogP contribution is -2.40. The van der Waals surface area contributed by atoms with Crippen molar-refractivity contribution in [1.29, 1.82) is 0 Å². The Morgan fingerprint density at radius 1 is 1.62 bits per heavy atom. The molecule has 74 valence electrons. The molecule has 1 unspecified atom stereocenters. The van der Waals surface area contributed by atoms with E-state index in [2.05, 4.69) is 0 Å². The molecule has 0 aliphatic carbocycles. The van der Waals surface area contributed by atoms with Gasteiger partial charge >= 0.3 is 0 Å². The van der Waals surface area contributed by atoms with Crippen molar-refractivity contribution in [3.8, 4) is 0 Å². The highest BCUT2D eigenvalue weighted by Gasteiger charge is 2.24. The zero-order valence-corrected chi connectivity index (χ0v) is 7.53. The number of hydrogen-bond acceptors (Lipinski definition) is 3. The highest BCUT2D eigenvalue weighted by Crippen LogP contribution is 2.11. The van der Waals surface area contributed by atoms with E-state index >= 15 is 0 Å². The van der Waals surface area contributed by atoms with Crippen molar-refractivity contribution < 1.29 is 9.59 Å². The molecule has 2 amide bonds. The molecule has 5 nitrogen and oxygen atoms in total. The molecule has 1 atom stereocenters. The molecular formula is C8H15N3O2. The third kappa shape index (κ3) is 2.42. The van der Waals surface area contributed by atoms with Gasteiger partial charge in [0.25, 0.3) is 0 Å². The van der Waals surface area contributed by atoms with Crippen molar-refractivity contribution in [2.45, 2.75) is 12.8 Å². The minimum atomic E-state index is -0.429. The molecule has 0 aromatic carbocycles. The molecule has 1 aliphatic rings. The average molecular weight is 185 g/mol. The van der Waals surface area contributed by atoms with Gasteiger partial charge in [0.15, 0.2) is 0 Å². The summed E-state index contributed by atoms with van der Waals surface area (Å²) in [6.07, 6.45) is 1.45. The third-order valence-corrected chi connectivity index (χ3v) is 2.30. The molecular weight excluding hydrogens is 170 g/mol. The maximum atomic E-state index is 11.2. The second-order valence-electron chi connectivity index (χ2n) is 3.28. The standard InChI is InChI=1S/C8H15N3O2/c9-4-6(8(10)13)5-11-3-1-2-7(11)12/h6H,1-5,9H2,(H2,10,13). The Bertz CT molecular complexity index is 217. The summed E-state index contributed by atoms with van der Waals surface area (Å²) >= 11 is 0. The van der Waals surface area contributed by atoms with Crippen LogP contribution >= 0.6 is 0 Å². The first kappa shape index (κ1) is 9.98. The maximum Gasteiger partial charge on any atom is 0.223 e. The fraction of sp³-hybridized carbons (Fsp3) is 0.750. The van der Waals surface area contributed by atoms with Crippen LogP contribution in [0.2, 0.25) is 0 Å². The number of carbonyl (C=O) groups is 2. The van der Waals surface area contributed by atoms with Gasteiger partial charge in [-0.2, -0.15) is 0 Å². The van der Waals surface area contributed by atoms with E-state index in [9.17, 15) is 9.59 Å². The second kappa shape index (κ2) is 4.23. The van der Waals surface area contributed by atoms with Crippen LogP contribution in [0.1, 0.15) is 12.8 Å². The topological polar surface area (TPSA) is 89.4 Å². The van der Waals surface area contributed by atoms with Crippen LogP contribution in [0.15, 0.2) is 0 Å². The Labute approximate surface area is 77.1 Å². The first-order chi connectivity index (χ1) is 6.15. The fourth-order valence-electron chi connectivity index (χ4n) is 1.44. The molecule has 0 saturated carbocycles. The van der Waals surface area contributed by atoms with Crippen molar-refractivity contribution in [3.63, 3.8) is 0 Å². The summed E-state index contributed by atoms with van der Waals surface area (Å²) in [7, 11) is 0. The van der Waals surface area contributed by atoms with E-state index in [4.69, 9.17) is 11.5 Å². The molecule has 1 saturated heterocycles. The van der Waals surface area contributed by atoms with Crippen LogP contribution in [-0.4, -0.2) is 36.3 Å². The number of carbonyl (C=O) groups excluding carboxylic acids is 2. The van der Waals surface area contributed by atoms with Crippen molar-refractivity contribution in [2.75, 3.05) is 19.6 Å².